The summed E-state index contributed by atoms with van der Waals surface area (Å²) in [5, 5.41) is 7.07. The summed E-state index contributed by atoms with van der Waals surface area (Å²) in [7, 11) is -4.75. The first-order valence-electron chi connectivity index (χ1n) is 6.04. The van der Waals surface area contributed by atoms with E-state index in [9.17, 15) is 22.0 Å². The fraction of sp³-hybridized carbons (Fsp3) is 0.545. The van der Waals surface area contributed by atoms with E-state index >= 15 is 0 Å². The molecule has 1 aliphatic heterocycles. The minimum Gasteiger partial charge on any atom is -0.350 e. The summed E-state index contributed by atoms with van der Waals surface area (Å²) in [4.78, 5) is 11.1. The molecule has 1 aromatic rings. The molecule has 2 rings (SSSR count). The Morgan fingerprint density at radius 2 is 2.24 bits per heavy atom. The van der Waals surface area contributed by atoms with Gasteiger partial charge in [0.15, 0.2) is 0 Å². The lowest BCUT2D eigenvalue weighted by atomic mass is 10.2. The number of sulfone groups is 1. The van der Waals surface area contributed by atoms with Crippen molar-refractivity contribution in [2.24, 2.45) is 0 Å². The highest BCUT2D eigenvalue weighted by molar-refractivity contribution is 7.92. The van der Waals surface area contributed by atoms with Crippen molar-refractivity contribution in [3.8, 4) is 0 Å². The average molecular weight is 361 g/mol. The standard InChI is InChI=1S/C11H14F2N2O3S2.ClH/c12-11(13)20(17,18)8-3-5-19-9(8)10(16)15-6-7-2-1-4-14-7;/h3,5,7,11,14H,1-2,4,6H2,(H,15,16);1H. The second-order valence-corrected chi connectivity index (χ2v) is 7.23. The molecule has 2 N–H and O–H groups in total. The lowest BCUT2D eigenvalue weighted by Gasteiger charge is -2.11. The Morgan fingerprint density at radius 3 is 2.81 bits per heavy atom. The Labute approximate surface area is 131 Å². The highest BCUT2D eigenvalue weighted by atomic mass is 35.5. The Morgan fingerprint density at radius 1 is 1.52 bits per heavy atom. The van der Waals surface area contributed by atoms with Crippen LogP contribution in [0.3, 0.4) is 0 Å². The zero-order valence-electron chi connectivity index (χ0n) is 10.8. The molecule has 21 heavy (non-hydrogen) atoms. The van der Waals surface area contributed by atoms with Crippen LogP contribution in [0.5, 0.6) is 0 Å². The zero-order valence-corrected chi connectivity index (χ0v) is 13.3. The Balaban J connectivity index is 0.00000220. The second kappa shape index (κ2) is 7.48. The van der Waals surface area contributed by atoms with Gasteiger partial charge in [-0.15, -0.1) is 23.7 Å². The first-order valence-corrected chi connectivity index (χ1v) is 8.46. The Hall–Kier alpha value is -0.770. The molecule has 0 bridgehead atoms. The molecule has 0 spiro atoms. The molecule has 1 saturated heterocycles. The van der Waals surface area contributed by atoms with E-state index in [1.54, 1.807) is 0 Å². The van der Waals surface area contributed by atoms with Crippen molar-refractivity contribution in [3.05, 3.63) is 16.3 Å². The monoisotopic (exact) mass is 360 g/mol. The number of amides is 1. The van der Waals surface area contributed by atoms with E-state index in [1.807, 2.05) is 0 Å². The molecule has 1 atom stereocenters. The van der Waals surface area contributed by atoms with Gasteiger partial charge in [0, 0.05) is 12.6 Å². The summed E-state index contributed by atoms with van der Waals surface area (Å²) in [6.45, 7) is 1.23. The van der Waals surface area contributed by atoms with Crippen LogP contribution in [0.15, 0.2) is 16.3 Å². The quantitative estimate of drug-likeness (QED) is 0.837. The van der Waals surface area contributed by atoms with Crippen LogP contribution in [0.1, 0.15) is 22.5 Å². The van der Waals surface area contributed by atoms with Crippen LogP contribution < -0.4 is 10.6 Å². The fourth-order valence-electron chi connectivity index (χ4n) is 2.01. The van der Waals surface area contributed by atoms with Gasteiger partial charge in [0.1, 0.15) is 4.88 Å². The third-order valence-corrected chi connectivity index (χ3v) is 5.51. The van der Waals surface area contributed by atoms with Crippen LogP contribution in [0.2, 0.25) is 0 Å². The molecular weight excluding hydrogens is 346 g/mol. The summed E-state index contributed by atoms with van der Waals surface area (Å²) in [5.41, 5.74) is 0. The molecule has 1 aliphatic rings. The zero-order chi connectivity index (χ0) is 14.8. The molecule has 1 fully saturated rings. The van der Waals surface area contributed by atoms with E-state index in [2.05, 4.69) is 10.6 Å². The minimum absolute atomic E-state index is 0. The maximum absolute atomic E-state index is 12.5. The molecule has 2 heterocycles. The van der Waals surface area contributed by atoms with Gasteiger partial charge < -0.3 is 10.6 Å². The Bertz CT molecular complexity index is 586. The van der Waals surface area contributed by atoms with Crippen molar-refractivity contribution < 1.29 is 22.0 Å². The number of nitrogens with one attached hydrogen (secondary N) is 2. The first kappa shape index (κ1) is 18.3. The predicted octanol–water partition coefficient (Wildman–Crippen LogP) is 1.65. The van der Waals surface area contributed by atoms with Crippen LogP contribution in [-0.2, 0) is 9.84 Å². The van der Waals surface area contributed by atoms with E-state index in [1.165, 1.54) is 5.38 Å². The normalized spacial score (nSPS) is 18.5. The molecule has 5 nitrogen and oxygen atoms in total. The fourth-order valence-corrected chi connectivity index (χ4v) is 4.09. The molecule has 0 aliphatic carbocycles. The maximum Gasteiger partial charge on any atom is 0.341 e. The van der Waals surface area contributed by atoms with Gasteiger partial charge >= 0.3 is 5.76 Å². The molecular formula is C11H15ClF2N2O3S2. The van der Waals surface area contributed by atoms with Crippen molar-refractivity contribution in [2.75, 3.05) is 13.1 Å². The van der Waals surface area contributed by atoms with Crippen molar-refractivity contribution in [2.45, 2.75) is 29.5 Å². The van der Waals surface area contributed by atoms with Crippen LogP contribution in [0.4, 0.5) is 8.78 Å². The number of carbonyl (C=O) groups is 1. The van der Waals surface area contributed by atoms with Gasteiger partial charge in [-0.1, -0.05) is 0 Å². The number of thiophene rings is 1. The van der Waals surface area contributed by atoms with Gasteiger partial charge in [-0.2, -0.15) is 8.78 Å². The van der Waals surface area contributed by atoms with Crippen LogP contribution in [0, 0.1) is 0 Å². The molecule has 0 aromatic carbocycles. The van der Waals surface area contributed by atoms with Gasteiger partial charge in [0.25, 0.3) is 5.91 Å². The number of carbonyl (C=O) groups excluding carboxylic acids is 1. The van der Waals surface area contributed by atoms with E-state index in [0.717, 1.165) is 36.8 Å². The smallest absolute Gasteiger partial charge is 0.341 e. The number of rotatable bonds is 5. The largest absolute Gasteiger partial charge is 0.350 e. The van der Waals surface area contributed by atoms with Gasteiger partial charge in [0.05, 0.1) is 4.90 Å². The van der Waals surface area contributed by atoms with Crippen LogP contribution in [-0.4, -0.2) is 39.2 Å². The molecule has 0 radical (unpaired) electrons. The molecule has 1 amide bonds. The minimum atomic E-state index is -4.75. The predicted molar refractivity (Wildman–Crippen MR) is 78.1 cm³/mol. The highest BCUT2D eigenvalue weighted by Gasteiger charge is 2.32. The third kappa shape index (κ3) is 4.12. The molecule has 1 unspecified atom stereocenters. The third-order valence-electron chi connectivity index (χ3n) is 3.05. The van der Waals surface area contributed by atoms with E-state index in [4.69, 9.17) is 0 Å². The van der Waals surface area contributed by atoms with Gasteiger partial charge in [0.2, 0.25) is 9.84 Å². The maximum atomic E-state index is 12.5. The molecule has 10 heteroatoms. The first-order chi connectivity index (χ1) is 9.43. The Kier molecular flexibility index (Phi) is 6.51. The lowest BCUT2D eigenvalue weighted by molar-refractivity contribution is 0.0951. The number of hydrogen-bond acceptors (Lipinski definition) is 5. The van der Waals surface area contributed by atoms with E-state index in [-0.39, 0.29) is 23.3 Å². The summed E-state index contributed by atoms with van der Waals surface area (Å²) >= 11 is 0.839. The summed E-state index contributed by atoms with van der Waals surface area (Å²) in [5.74, 6) is -4.16. The van der Waals surface area contributed by atoms with Crippen LogP contribution in [0.25, 0.3) is 0 Å². The SMILES string of the molecule is Cl.O=C(NCC1CCCN1)c1sccc1S(=O)(=O)C(F)F. The van der Waals surface area contributed by atoms with Crippen molar-refractivity contribution in [1.29, 1.82) is 0 Å². The van der Waals surface area contributed by atoms with Gasteiger partial charge in [-0.3, -0.25) is 4.79 Å². The summed E-state index contributed by atoms with van der Waals surface area (Å²) in [6, 6.07) is 1.18. The van der Waals surface area contributed by atoms with Crippen molar-refractivity contribution in [3.63, 3.8) is 0 Å². The highest BCUT2D eigenvalue weighted by Crippen LogP contribution is 2.26. The summed E-state index contributed by atoms with van der Waals surface area (Å²) < 4.78 is 47.9. The molecule has 1 aromatic heterocycles. The van der Waals surface area contributed by atoms with Gasteiger partial charge in [-0.25, -0.2) is 8.42 Å². The lowest BCUT2D eigenvalue weighted by Crippen LogP contribution is -2.37. The van der Waals surface area contributed by atoms with Crippen molar-refractivity contribution in [1.82, 2.24) is 10.6 Å². The number of halogens is 3. The number of hydrogen-bond donors (Lipinski definition) is 2. The second-order valence-electron chi connectivity index (χ2n) is 4.42. The van der Waals surface area contributed by atoms with E-state index in [0.29, 0.717) is 6.54 Å². The van der Waals surface area contributed by atoms with Gasteiger partial charge in [-0.05, 0) is 30.8 Å². The van der Waals surface area contributed by atoms with E-state index < -0.39 is 26.4 Å². The summed E-state index contributed by atoms with van der Waals surface area (Å²) in [6.07, 6.45) is 1.94. The molecule has 120 valence electrons. The van der Waals surface area contributed by atoms with Crippen molar-refractivity contribution >= 4 is 39.5 Å². The molecule has 0 saturated carbocycles. The average Bonchev–Trinajstić information content (AvgIpc) is 3.06. The number of alkyl halides is 2. The topological polar surface area (TPSA) is 75.3 Å². The van der Waals surface area contributed by atoms with Crippen LogP contribution >= 0.6 is 23.7 Å².